The minimum absolute atomic E-state index is 0.0411. The van der Waals surface area contributed by atoms with Crippen molar-refractivity contribution in [2.24, 2.45) is 5.92 Å². The number of rotatable bonds is 5. The van der Waals surface area contributed by atoms with Gasteiger partial charge < -0.3 is 5.11 Å². The molecule has 0 aliphatic heterocycles. The van der Waals surface area contributed by atoms with Crippen LogP contribution in [0.15, 0.2) is 27.6 Å². The molecule has 1 aromatic rings. The summed E-state index contributed by atoms with van der Waals surface area (Å²) >= 11 is 3.21. The van der Waals surface area contributed by atoms with Gasteiger partial charge in [-0.15, -0.1) is 0 Å². The maximum Gasteiger partial charge on any atom is 0.322 e. The molecule has 1 rings (SSSR count). The van der Waals surface area contributed by atoms with Crippen LogP contribution in [0.3, 0.4) is 0 Å². The summed E-state index contributed by atoms with van der Waals surface area (Å²) in [7, 11) is -3.88. The van der Waals surface area contributed by atoms with E-state index in [0.29, 0.717) is 4.47 Å². The largest absolute Gasteiger partial charge is 0.480 e. The van der Waals surface area contributed by atoms with Gasteiger partial charge >= 0.3 is 5.97 Å². The second-order valence-corrected chi connectivity index (χ2v) is 7.04. The molecule has 0 aliphatic rings. The van der Waals surface area contributed by atoms with E-state index in [2.05, 4.69) is 20.7 Å². The van der Waals surface area contributed by atoms with Crippen LogP contribution in [-0.4, -0.2) is 25.5 Å². The highest BCUT2D eigenvalue weighted by Crippen LogP contribution is 2.25. The number of hydrogen-bond donors (Lipinski definition) is 2. The van der Waals surface area contributed by atoms with E-state index in [-0.39, 0.29) is 10.8 Å². The van der Waals surface area contributed by atoms with E-state index in [4.69, 9.17) is 5.11 Å². The smallest absolute Gasteiger partial charge is 0.322 e. The average molecular weight is 350 g/mol. The Morgan fingerprint density at radius 2 is 1.95 bits per heavy atom. The Morgan fingerprint density at radius 3 is 2.42 bits per heavy atom. The van der Waals surface area contributed by atoms with E-state index in [1.165, 1.54) is 6.07 Å². The second-order valence-electron chi connectivity index (χ2n) is 4.57. The molecule has 0 bridgehead atoms. The molecule has 0 aliphatic carbocycles. The summed E-state index contributed by atoms with van der Waals surface area (Å²) in [5.41, 5.74) is 0.763. The third kappa shape index (κ3) is 3.77. The lowest BCUT2D eigenvalue weighted by molar-refractivity contribution is -0.140. The molecule has 0 saturated carbocycles. The summed E-state index contributed by atoms with van der Waals surface area (Å²) in [5.74, 6) is -1.54. The van der Waals surface area contributed by atoms with Crippen LogP contribution in [0.1, 0.15) is 19.4 Å². The molecule has 0 spiro atoms. The van der Waals surface area contributed by atoms with Crippen LogP contribution in [0.4, 0.5) is 0 Å². The monoisotopic (exact) mass is 349 g/mol. The van der Waals surface area contributed by atoms with Crippen molar-refractivity contribution in [3.05, 3.63) is 28.2 Å². The fourth-order valence-electron chi connectivity index (χ4n) is 1.53. The van der Waals surface area contributed by atoms with Crippen molar-refractivity contribution in [3.63, 3.8) is 0 Å². The van der Waals surface area contributed by atoms with Gasteiger partial charge in [-0.25, -0.2) is 8.42 Å². The number of aryl methyl sites for hydroxylation is 1. The predicted octanol–water partition coefficient (Wildman–Crippen LogP) is 2.15. The van der Waals surface area contributed by atoms with Crippen molar-refractivity contribution in [3.8, 4) is 0 Å². The molecular weight excluding hydrogens is 334 g/mol. The summed E-state index contributed by atoms with van der Waals surface area (Å²) in [6, 6.07) is 3.65. The number of carboxylic acids is 1. The molecule has 0 unspecified atom stereocenters. The van der Waals surface area contributed by atoms with Crippen molar-refractivity contribution in [1.29, 1.82) is 0 Å². The number of benzene rings is 1. The lowest BCUT2D eigenvalue weighted by Crippen LogP contribution is -2.44. The zero-order chi connectivity index (χ0) is 14.8. The van der Waals surface area contributed by atoms with Crippen molar-refractivity contribution in [2.45, 2.75) is 31.7 Å². The van der Waals surface area contributed by atoms with Gasteiger partial charge in [0.1, 0.15) is 6.04 Å². The molecule has 1 aromatic carbocycles. The van der Waals surface area contributed by atoms with Crippen LogP contribution in [0.2, 0.25) is 0 Å². The quantitative estimate of drug-likeness (QED) is 0.852. The summed E-state index contributed by atoms with van der Waals surface area (Å²) in [6.07, 6.45) is 0. The first-order valence-corrected chi connectivity index (χ1v) is 7.94. The lowest BCUT2D eigenvalue weighted by Gasteiger charge is -2.18. The fraction of sp³-hybridized carbons (Fsp3) is 0.417. The summed E-state index contributed by atoms with van der Waals surface area (Å²) in [5, 5.41) is 9.04. The third-order valence-electron chi connectivity index (χ3n) is 2.66. The van der Waals surface area contributed by atoms with Crippen LogP contribution < -0.4 is 4.72 Å². The number of sulfonamides is 1. The van der Waals surface area contributed by atoms with Gasteiger partial charge in [-0.05, 0) is 40.4 Å². The van der Waals surface area contributed by atoms with E-state index in [0.717, 1.165) is 5.56 Å². The Kier molecular flexibility index (Phi) is 5.11. The zero-order valence-corrected chi connectivity index (χ0v) is 13.2. The highest BCUT2D eigenvalue weighted by atomic mass is 79.9. The van der Waals surface area contributed by atoms with Gasteiger partial charge in [-0.2, -0.15) is 4.72 Å². The summed E-state index contributed by atoms with van der Waals surface area (Å²) in [4.78, 5) is 11.1. The maximum atomic E-state index is 12.2. The molecule has 2 N–H and O–H groups in total. The number of aliphatic carboxylic acids is 1. The van der Waals surface area contributed by atoms with Crippen LogP contribution in [-0.2, 0) is 14.8 Å². The van der Waals surface area contributed by atoms with E-state index in [9.17, 15) is 13.2 Å². The molecule has 0 saturated heterocycles. The topological polar surface area (TPSA) is 83.5 Å². The lowest BCUT2D eigenvalue weighted by atomic mass is 10.1. The number of halogens is 1. The Morgan fingerprint density at radius 1 is 1.37 bits per heavy atom. The molecule has 0 fully saturated rings. The molecule has 0 aromatic heterocycles. The molecule has 5 nitrogen and oxygen atoms in total. The van der Waals surface area contributed by atoms with Crippen molar-refractivity contribution >= 4 is 31.9 Å². The molecule has 0 amide bonds. The zero-order valence-electron chi connectivity index (χ0n) is 10.8. The number of carboxylic acid groups (broad SMARTS) is 1. The number of hydrogen-bond acceptors (Lipinski definition) is 3. The SMILES string of the molecule is Cc1cccc(S(=O)(=O)N[C@@H](C(=O)O)C(C)C)c1Br. The van der Waals surface area contributed by atoms with E-state index in [1.54, 1.807) is 32.9 Å². The van der Waals surface area contributed by atoms with E-state index >= 15 is 0 Å². The third-order valence-corrected chi connectivity index (χ3v) is 5.46. The number of nitrogens with one attached hydrogen (secondary N) is 1. The molecule has 19 heavy (non-hydrogen) atoms. The summed E-state index contributed by atoms with van der Waals surface area (Å²) in [6.45, 7) is 5.05. The Labute approximate surface area is 121 Å². The summed E-state index contributed by atoms with van der Waals surface area (Å²) < 4.78 is 27.1. The molecule has 1 atom stereocenters. The van der Waals surface area contributed by atoms with Gasteiger partial charge in [0.25, 0.3) is 0 Å². The Balaban J connectivity index is 3.18. The highest BCUT2D eigenvalue weighted by molar-refractivity contribution is 9.10. The Bertz CT molecular complexity index is 583. The average Bonchev–Trinajstić information content (AvgIpc) is 2.28. The normalized spacial score (nSPS) is 13.5. The molecule has 7 heteroatoms. The van der Waals surface area contributed by atoms with Gasteiger partial charge in [-0.1, -0.05) is 26.0 Å². The minimum Gasteiger partial charge on any atom is -0.480 e. The molecule has 106 valence electrons. The van der Waals surface area contributed by atoms with Crippen molar-refractivity contribution in [1.82, 2.24) is 4.72 Å². The van der Waals surface area contributed by atoms with Crippen molar-refractivity contribution < 1.29 is 18.3 Å². The van der Waals surface area contributed by atoms with Gasteiger partial charge in [0.2, 0.25) is 10.0 Å². The number of carbonyl (C=O) groups is 1. The van der Waals surface area contributed by atoms with Crippen LogP contribution in [0.25, 0.3) is 0 Å². The van der Waals surface area contributed by atoms with Gasteiger partial charge in [0.15, 0.2) is 0 Å². The molecular formula is C12H16BrNO4S. The standard InChI is InChI=1S/C12H16BrNO4S/c1-7(2)11(12(15)16)14-19(17,18)9-6-4-5-8(3)10(9)13/h4-7,11,14H,1-3H3,(H,15,16)/t11-/m1/s1. The van der Waals surface area contributed by atoms with Gasteiger partial charge in [0, 0.05) is 4.47 Å². The van der Waals surface area contributed by atoms with E-state index in [1.807, 2.05) is 0 Å². The highest BCUT2D eigenvalue weighted by Gasteiger charge is 2.29. The Hall–Kier alpha value is -0.920. The first-order chi connectivity index (χ1) is 8.66. The first-order valence-electron chi connectivity index (χ1n) is 5.67. The van der Waals surface area contributed by atoms with Crippen LogP contribution in [0.5, 0.6) is 0 Å². The molecule has 0 radical (unpaired) electrons. The van der Waals surface area contributed by atoms with Crippen molar-refractivity contribution in [2.75, 3.05) is 0 Å². The maximum absolute atomic E-state index is 12.2. The predicted molar refractivity (Wildman–Crippen MR) is 75.5 cm³/mol. The second kappa shape index (κ2) is 6.02. The van der Waals surface area contributed by atoms with Gasteiger partial charge in [0.05, 0.1) is 4.90 Å². The van der Waals surface area contributed by atoms with Gasteiger partial charge in [-0.3, -0.25) is 4.79 Å². The van der Waals surface area contributed by atoms with Crippen LogP contribution >= 0.6 is 15.9 Å². The first kappa shape index (κ1) is 16.1. The minimum atomic E-state index is -3.88. The molecule has 0 heterocycles. The fourth-order valence-corrected chi connectivity index (χ4v) is 3.92. The van der Waals surface area contributed by atoms with Crippen LogP contribution in [0, 0.1) is 12.8 Å². The van der Waals surface area contributed by atoms with E-state index < -0.39 is 22.0 Å².